The van der Waals surface area contributed by atoms with Gasteiger partial charge in [0.2, 0.25) is 0 Å². The van der Waals surface area contributed by atoms with E-state index in [1.54, 1.807) is 6.20 Å². The lowest BCUT2D eigenvalue weighted by Gasteiger charge is -2.14. The van der Waals surface area contributed by atoms with E-state index in [-0.39, 0.29) is 6.10 Å². The molecule has 1 aromatic heterocycles. The van der Waals surface area contributed by atoms with E-state index in [1.165, 1.54) is 6.20 Å². The number of aromatic nitrogens is 2. The highest BCUT2D eigenvalue weighted by atomic mass is 16.3. The molecule has 2 unspecified atom stereocenters. The first-order valence-corrected chi connectivity index (χ1v) is 5.43. The molecule has 1 aliphatic carbocycles. The maximum absolute atomic E-state index is 9.63. The fraction of sp³-hybridized carbons (Fsp3) is 0.545. The SMILES string of the molecule is N#Cc1cnc(NCC2CCCC2O)cn1. The fourth-order valence-corrected chi connectivity index (χ4v) is 1.97. The normalized spacial score (nSPS) is 24.0. The van der Waals surface area contributed by atoms with Crippen molar-refractivity contribution in [2.75, 3.05) is 11.9 Å². The van der Waals surface area contributed by atoms with Crippen LogP contribution >= 0.6 is 0 Å². The summed E-state index contributed by atoms with van der Waals surface area (Å²) < 4.78 is 0. The number of nitriles is 1. The molecular weight excluding hydrogens is 204 g/mol. The third-order valence-corrected chi connectivity index (χ3v) is 2.93. The number of rotatable bonds is 3. The average molecular weight is 218 g/mol. The van der Waals surface area contributed by atoms with Crippen molar-refractivity contribution in [3.63, 3.8) is 0 Å². The lowest BCUT2D eigenvalue weighted by Crippen LogP contribution is -2.22. The molecule has 1 heterocycles. The molecule has 2 atom stereocenters. The van der Waals surface area contributed by atoms with Gasteiger partial charge in [-0.2, -0.15) is 5.26 Å². The highest BCUT2D eigenvalue weighted by Crippen LogP contribution is 2.25. The zero-order valence-corrected chi connectivity index (χ0v) is 8.93. The largest absolute Gasteiger partial charge is 0.393 e. The first-order valence-electron chi connectivity index (χ1n) is 5.43. The first-order chi connectivity index (χ1) is 7.79. The number of aliphatic hydroxyl groups is 1. The van der Waals surface area contributed by atoms with E-state index in [9.17, 15) is 5.11 Å². The molecule has 0 aromatic carbocycles. The van der Waals surface area contributed by atoms with Gasteiger partial charge < -0.3 is 10.4 Å². The van der Waals surface area contributed by atoms with Gasteiger partial charge in [-0.1, -0.05) is 6.42 Å². The summed E-state index contributed by atoms with van der Waals surface area (Å²) in [6, 6.07) is 1.92. The maximum atomic E-state index is 9.63. The molecule has 1 fully saturated rings. The van der Waals surface area contributed by atoms with Crippen molar-refractivity contribution in [1.29, 1.82) is 5.26 Å². The summed E-state index contributed by atoms with van der Waals surface area (Å²) in [6.45, 7) is 0.710. The molecule has 1 saturated carbocycles. The molecule has 0 saturated heterocycles. The monoisotopic (exact) mass is 218 g/mol. The van der Waals surface area contributed by atoms with Crippen molar-refractivity contribution >= 4 is 5.82 Å². The summed E-state index contributed by atoms with van der Waals surface area (Å²) in [7, 11) is 0. The lowest BCUT2D eigenvalue weighted by atomic mass is 10.1. The Morgan fingerprint density at radius 3 is 2.88 bits per heavy atom. The van der Waals surface area contributed by atoms with Crippen molar-refractivity contribution in [2.24, 2.45) is 5.92 Å². The number of nitrogens with zero attached hydrogens (tertiary/aromatic N) is 3. The van der Waals surface area contributed by atoms with E-state index in [0.29, 0.717) is 24.0 Å². The van der Waals surface area contributed by atoms with Crippen LogP contribution < -0.4 is 5.32 Å². The Morgan fingerprint density at radius 2 is 2.31 bits per heavy atom. The topological polar surface area (TPSA) is 81.8 Å². The minimum atomic E-state index is -0.196. The van der Waals surface area contributed by atoms with Gasteiger partial charge in [0.15, 0.2) is 5.69 Å². The third kappa shape index (κ3) is 2.47. The summed E-state index contributed by atoms with van der Waals surface area (Å²) in [5, 5.41) is 21.3. The third-order valence-electron chi connectivity index (χ3n) is 2.93. The summed E-state index contributed by atoms with van der Waals surface area (Å²) in [6.07, 6.45) is 5.82. The Bertz CT molecular complexity index is 384. The minimum Gasteiger partial charge on any atom is -0.393 e. The minimum absolute atomic E-state index is 0.196. The Labute approximate surface area is 94.2 Å². The predicted octanol–water partition coefficient (Wildman–Crippen LogP) is 0.921. The summed E-state index contributed by atoms with van der Waals surface area (Å²) in [5.74, 6) is 0.954. The van der Waals surface area contributed by atoms with Gasteiger partial charge in [-0.3, -0.25) is 0 Å². The van der Waals surface area contributed by atoms with Crippen LogP contribution in [0.4, 0.5) is 5.82 Å². The number of aliphatic hydroxyl groups excluding tert-OH is 1. The van der Waals surface area contributed by atoms with E-state index in [4.69, 9.17) is 5.26 Å². The second-order valence-electron chi connectivity index (χ2n) is 4.04. The molecule has 0 amide bonds. The Balaban J connectivity index is 1.87. The van der Waals surface area contributed by atoms with Crippen molar-refractivity contribution in [3.05, 3.63) is 18.1 Å². The number of hydrogen-bond acceptors (Lipinski definition) is 5. The fourth-order valence-electron chi connectivity index (χ4n) is 1.97. The molecule has 2 rings (SSSR count). The molecule has 5 nitrogen and oxygen atoms in total. The molecule has 1 aromatic rings. The molecular formula is C11H14N4O. The van der Waals surface area contributed by atoms with Crippen molar-refractivity contribution in [1.82, 2.24) is 9.97 Å². The molecule has 16 heavy (non-hydrogen) atoms. The smallest absolute Gasteiger partial charge is 0.158 e. The van der Waals surface area contributed by atoms with E-state index < -0.39 is 0 Å². The van der Waals surface area contributed by atoms with Gasteiger partial charge in [-0.15, -0.1) is 0 Å². The molecule has 0 bridgehead atoms. The molecule has 2 N–H and O–H groups in total. The van der Waals surface area contributed by atoms with E-state index in [1.807, 2.05) is 6.07 Å². The van der Waals surface area contributed by atoms with Gasteiger partial charge in [0, 0.05) is 12.5 Å². The van der Waals surface area contributed by atoms with Gasteiger partial charge in [-0.05, 0) is 12.8 Å². The maximum Gasteiger partial charge on any atom is 0.158 e. The van der Waals surface area contributed by atoms with Crippen LogP contribution in [0.15, 0.2) is 12.4 Å². The summed E-state index contributed by atoms with van der Waals surface area (Å²) >= 11 is 0. The average Bonchev–Trinajstić information content (AvgIpc) is 2.73. The standard InChI is InChI=1S/C11H14N4O/c12-4-9-6-15-11(7-13-9)14-5-8-2-1-3-10(8)16/h6-8,10,16H,1-3,5H2,(H,14,15). The van der Waals surface area contributed by atoms with Gasteiger partial charge in [0.1, 0.15) is 11.9 Å². The summed E-state index contributed by atoms with van der Waals surface area (Å²) in [5.41, 5.74) is 0.312. The molecule has 1 aliphatic rings. The van der Waals surface area contributed by atoms with Gasteiger partial charge in [0.25, 0.3) is 0 Å². The zero-order valence-electron chi connectivity index (χ0n) is 8.93. The predicted molar refractivity (Wildman–Crippen MR) is 58.6 cm³/mol. The molecule has 0 aliphatic heterocycles. The van der Waals surface area contributed by atoms with Crippen LogP contribution in [0.5, 0.6) is 0 Å². The number of anilines is 1. The van der Waals surface area contributed by atoms with Crippen LogP contribution in [0.25, 0.3) is 0 Å². The van der Waals surface area contributed by atoms with E-state index >= 15 is 0 Å². The summed E-state index contributed by atoms with van der Waals surface area (Å²) in [4.78, 5) is 7.97. The second-order valence-corrected chi connectivity index (χ2v) is 4.04. The molecule has 0 radical (unpaired) electrons. The van der Waals surface area contributed by atoms with Crippen LogP contribution in [0.1, 0.15) is 25.0 Å². The van der Waals surface area contributed by atoms with Gasteiger partial charge >= 0.3 is 0 Å². The van der Waals surface area contributed by atoms with Crippen LogP contribution in [-0.4, -0.2) is 27.7 Å². The van der Waals surface area contributed by atoms with E-state index in [0.717, 1.165) is 19.3 Å². The Hall–Kier alpha value is -1.67. The molecule has 84 valence electrons. The van der Waals surface area contributed by atoms with Gasteiger partial charge in [-0.25, -0.2) is 9.97 Å². The van der Waals surface area contributed by atoms with Crippen LogP contribution in [0.3, 0.4) is 0 Å². The Kier molecular flexibility index (Phi) is 3.32. The van der Waals surface area contributed by atoms with Crippen LogP contribution in [-0.2, 0) is 0 Å². The highest BCUT2D eigenvalue weighted by Gasteiger charge is 2.24. The van der Waals surface area contributed by atoms with Crippen LogP contribution in [0.2, 0.25) is 0 Å². The molecule has 5 heteroatoms. The van der Waals surface area contributed by atoms with Crippen molar-refractivity contribution < 1.29 is 5.11 Å². The molecule has 0 spiro atoms. The first kappa shape index (κ1) is 10.8. The Morgan fingerprint density at radius 1 is 1.44 bits per heavy atom. The zero-order chi connectivity index (χ0) is 11.4. The highest BCUT2D eigenvalue weighted by molar-refractivity contribution is 5.33. The van der Waals surface area contributed by atoms with Crippen molar-refractivity contribution in [3.8, 4) is 6.07 Å². The number of hydrogen-bond donors (Lipinski definition) is 2. The van der Waals surface area contributed by atoms with Crippen molar-refractivity contribution in [2.45, 2.75) is 25.4 Å². The van der Waals surface area contributed by atoms with Crippen LogP contribution in [0, 0.1) is 17.2 Å². The lowest BCUT2D eigenvalue weighted by molar-refractivity contribution is 0.138. The van der Waals surface area contributed by atoms with Gasteiger partial charge in [0.05, 0.1) is 18.5 Å². The number of nitrogens with one attached hydrogen (secondary N) is 1. The quantitative estimate of drug-likeness (QED) is 0.788. The van der Waals surface area contributed by atoms with E-state index in [2.05, 4.69) is 15.3 Å². The second kappa shape index (κ2) is 4.90.